The SMILES string of the molecule is O=C1N(c2ccc(-c3ccccc3)cc2)CCC12CCN(c1ccc(-c3ccccc3)cc1)C2=O. The molecule has 0 unspecified atom stereocenters. The second-order valence-corrected chi connectivity index (χ2v) is 9.32. The van der Waals surface area contributed by atoms with Crippen molar-refractivity contribution < 1.29 is 9.59 Å². The van der Waals surface area contributed by atoms with Crippen LogP contribution in [0.2, 0.25) is 0 Å². The third-order valence-corrected chi connectivity index (χ3v) is 7.41. The third kappa shape index (κ3) is 3.62. The topological polar surface area (TPSA) is 40.6 Å². The van der Waals surface area contributed by atoms with E-state index in [4.69, 9.17) is 0 Å². The Kier molecular flexibility index (Phi) is 5.22. The van der Waals surface area contributed by atoms with Gasteiger partial charge in [-0.1, -0.05) is 84.9 Å². The zero-order valence-corrected chi connectivity index (χ0v) is 19.4. The van der Waals surface area contributed by atoms with E-state index < -0.39 is 5.41 Å². The summed E-state index contributed by atoms with van der Waals surface area (Å²) in [6, 6.07) is 36.5. The van der Waals surface area contributed by atoms with E-state index in [2.05, 4.69) is 24.3 Å². The molecule has 2 aliphatic heterocycles. The highest BCUT2D eigenvalue weighted by molar-refractivity contribution is 6.19. The molecule has 172 valence electrons. The lowest BCUT2D eigenvalue weighted by Crippen LogP contribution is -2.41. The predicted molar refractivity (Wildman–Crippen MR) is 140 cm³/mol. The fourth-order valence-electron chi connectivity index (χ4n) is 5.39. The van der Waals surface area contributed by atoms with Crippen molar-refractivity contribution in [3.63, 3.8) is 0 Å². The van der Waals surface area contributed by atoms with Crippen molar-refractivity contribution >= 4 is 23.2 Å². The number of carbonyl (C=O) groups excluding carboxylic acids is 2. The highest BCUT2D eigenvalue weighted by atomic mass is 16.2. The van der Waals surface area contributed by atoms with E-state index in [9.17, 15) is 9.59 Å². The first-order valence-electron chi connectivity index (χ1n) is 12.1. The Morgan fingerprint density at radius 2 is 0.800 bits per heavy atom. The first kappa shape index (κ1) is 21.4. The predicted octanol–water partition coefficient (Wildman–Crippen LogP) is 6.18. The largest absolute Gasteiger partial charge is 0.311 e. The van der Waals surface area contributed by atoms with Crippen molar-refractivity contribution in [2.75, 3.05) is 22.9 Å². The zero-order chi connectivity index (χ0) is 23.8. The third-order valence-electron chi connectivity index (χ3n) is 7.41. The van der Waals surface area contributed by atoms with Crippen LogP contribution in [0.5, 0.6) is 0 Å². The Morgan fingerprint density at radius 3 is 1.17 bits per heavy atom. The number of carbonyl (C=O) groups is 2. The maximum absolute atomic E-state index is 13.6. The van der Waals surface area contributed by atoms with Crippen molar-refractivity contribution in [3.05, 3.63) is 109 Å². The van der Waals surface area contributed by atoms with Gasteiger partial charge < -0.3 is 9.80 Å². The van der Waals surface area contributed by atoms with Crippen molar-refractivity contribution in [1.82, 2.24) is 0 Å². The lowest BCUT2D eigenvalue weighted by atomic mass is 9.84. The molecule has 35 heavy (non-hydrogen) atoms. The van der Waals surface area contributed by atoms with Crippen LogP contribution < -0.4 is 9.80 Å². The first-order chi connectivity index (χ1) is 17.2. The van der Waals surface area contributed by atoms with Gasteiger partial charge in [-0.15, -0.1) is 0 Å². The maximum atomic E-state index is 13.6. The van der Waals surface area contributed by atoms with Crippen LogP contribution in [0.15, 0.2) is 109 Å². The quantitative estimate of drug-likeness (QED) is 0.343. The molecule has 2 amide bonds. The normalized spacial score (nSPS) is 16.9. The molecule has 0 saturated carbocycles. The van der Waals surface area contributed by atoms with Crippen molar-refractivity contribution in [2.45, 2.75) is 12.8 Å². The van der Waals surface area contributed by atoms with Crippen molar-refractivity contribution in [3.8, 4) is 22.3 Å². The molecule has 2 saturated heterocycles. The van der Waals surface area contributed by atoms with Crippen LogP contribution >= 0.6 is 0 Å². The van der Waals surface area contributed by atoms with Gasteiger partial charge in [0.1, 0.15) is 5.41 Å². The molecule has 0 aromatic heterocycles. The van der Waals surface area contributed by atoms with Gasteiger partial charge in [0.05, 0.1) is 0 Å². The molecular weight excluding hydrogens is 432 g/mol. The van der Waals surface area contributed by atoms with Gasteiger partial charge in [0.25, 0.3) is 0 Å². The molecule has 6 rings (SSSR count). The van der Waals surface area contributed by atoms with Crippen molar-refractivity contribution in [2.24, 2.45) is 5.41 Å². The van der Waals surface area contributed by atoms with E-state index in [1.165, 1.54) is 0 Å². The van der Waals surface area contributed by atoms with Crippen LogP contribution in [-0.4, -0.2) is 24.9 Å². The zero-order valence-electron chi connectivity index (χ0n) is 19.4. The van der Waals surface area contributed by atoms with E-state index in [1.54, 1.807) is 9.80 Å². The molecule has 0 N–H and O–H groups in total. The molecule has 2 heterocycles. The van der Waals surface area contributed by atoms with E-state index in [0.29, 0.717) is 25.9 Å². The molecule has 4 nitrogen and oxygen atoms in total. The van der Waals surface area contributed by atoms with Gasteiger partial charge in [-0.05, 0) is 59.4 Å². The number of rotatable bonds is 4. The van der Waals surface area contributed by atoms with E-state index in [-0.39, 0.29) is 11.8 Å². The molecule has 0 atom stereocenters. The maximum Gasteiger partial charge on any atom is 0.242 e. The summed E-state index contributed by atoms with van der Waals surface area (Å²) in [5, 5.41) is 0. The first-order valence-corrected chi connectivity index (χ1v) is 12.1. The molecule has 0 aliphatic carbocycles. The van der Waals surface area contributed by atoms with Gasteiger partial charge in [0.2, 0.25) is 11.8 Å². The molecule has 2 fully saturated rings. The van der Waals surface area contributed by atoms with Gasteiger partial charge in [0.15, 0.2) is 0 Å². The summed E-state index contributed by atoms with van der Waals surface area (Å²) in [5.41, 5.74) is 5.26. The second kappa shape index (κ2) is 8.55. The highest BCUT2D eigenvalue weighted by Gasteiger charge is 2.57. The standard InChI is InChI=1S/C31H26N2O2/c34-29-31(19-21-32(29)27-15-11-25(12-16-27)23-7-3-1-4-8-23)20-22-33(30(31)35)28-17-13-26(14-18-28)24-9-5-2-6-10-24/h1-18H,19-22H2. The molecule has 0 bridgehead atoms. The van der Waals surface area contributed by atoms with Crippen LogP contribution in [0.1, 0.15) is 12.8 Å². The van der Waals surface area contributed by atoms with E-state index in [0.717, 1.165) is 33.6 Å². The van der Waals surface area contributed by atoms with Crippen molar-refractivity contribution in [1.29, 1.82) is 0 Å². The van der Waals surface area contributed by atoms with Crippen LogP contribution in [0.3, 0.4) is 0 Å². The Bertz CT molecular complexity index is 1250. The Morgan fingerprint density at radius 1 is 0.457 bits per heavy atom. The lowest BCUT2D eigenvalue weighted by Gasteiger charge is -2.23. The van der Waals surface area contributed by atoms with Gasteiger partial charge in [-0.3, -0.25) is 9.59 Å². The molecule has 2 aliphatic rings. The summed E-state index contributed by atoms with van der Waals surface area (Å²) in [6.45, 7) is 1.13. The average Bonchev–Trinajstić information content (AvgIpc) is 3.44. The van der Waals surface area contributed by atoms with Gasteiger partial charge >= 0.3 is 0 Å². The molecule has 4 aromatic rings. The number of nitrogens with zero attached hydrogens (tertiary/aromatic N) is 2. The van der Waals surface area contributed by atoms with E-state index in [1.807, 2.05) is 84.9 Å². The summed E-state index contributed by atoms with van der Waals surface area (Å²) < 4.78 is 0. The minimum Gasteiger partial charge on any atom is -0.311 e. The number of amides is 2. The minimum atomic E-state index is -0.948. The fourth-order valence-corrected chi connectivity index (χ4v) is 5.39. The summed E-state index contributed by atoms with van der Waals surface area (Å²) in [7, 11) is 0. The minimum absolute atomic E-state index is 0.0710. The Balaban J connectivity index is 1.20. The molecule has 4 aromatic carbocycles. The molecule has 4 heteroatoms. The Hall–Kier alpha value is -4.18. The van der Waals surface area contributed by atoms with Gasteiger partial charge in [-0.2, -0.15) is 0 Å². The smallest absolute Gasteiger partial charge is 0.242 e. The number of anilines is 2. The molecular formula is C31H26N2O2. The van der Waals surface area contributed by atoms with Crippen LogP contribution in [0.25, 0.3) is 22.3 Å². The summed E-state index contributed by atoms with van der Waals surface area (Å²) >= 11 is 0. The van der Waals surface area contributed by atoms with Crippen LogP contribution in [0, 0.1) is 5.41 Å². The second-order valence-electron chi connectivity index (χ2n) is 9.32. The summed E-state index contributed by atoms with van der Waals surface area (Å²) in [6.07, 6.45) is 1.12. The number of hydrogen-bond acceptors (Lipinski definition) is 2. The molecule has 0 radical (unpaired) electrons. The van der Waals surface area contributed by atoms with Gasteiger partial charge in [-0.25, -0.2) is 0 Å². The van der Waals surface area contributed by atoms with E-state index >= 15 is 0 Å². The van der Waals surface area contributed by atoms with Crippen LogP contribution in [-0.2, 0) is 9.59 Å². The summed E-state index contributed by atoms with van der Waals surface area (Å²) in [5.74, 6) is -0.142. The Labute approximate surface area is 205 Å². The average molecular weight is 459 g/mol. The highest BCUT2D eigenvalue weighted by Crippen LogP contribution is 2.45. The lowest BCUT2D eigenvalue weighted by molar-refractivity contribution is -0.135. The fraction of sp³-hybridized carbons (Fsp3) is 0.161. The molecule has 1 spiro atoms. The van der Waals surface area contributed by atoms with Crippen LogP contribution in [0.4, 0.5) is 11.4 Å². The monoisotopic (exact) mass is 458 g/mol. The number of benzene rings is 4. The summed E-state index contributed by atoms with van der Waals surface area (Å²) in [4.78, 5) is 30.8. The number of hydrogen-bond donors (Lipinski definition) is 0. The van der Waals surface area contributed by atoms with Gasteiger partial charge in [0, 0.05) is 24.5 Å².